The first-order valence-electron chi connectivity index (χ1n) is 8.36. The Morgan fingerprint density at radius 2 is 2.08 bits per heavy atom. The molecule has 3 rings (SSSR count). The molecule has 1 aromatic heterocycles. The smallest absolute Gasteiger partial charge is 0.352 e. The molecular weight excluding hydrogens is 318 g/mol. The SMILES string of the molecule is O=C(N1CCC(COc2ccccn2)CC1)C(F)(F)C1(O)CCC1. The molecule has 7 heteroatoms. The Bertz CT molecular complexity index is 570. The van der Waals surface area contributed by atoms with E-state index in [2.05, 4.69) is 4.98 Å². The van der Waals surface area contributed by atoms with Crippen LogP contribution >= 0.6 is 0 Å². The highest BCUT2D eigenvalue weighted by Crippen LogP contribution is 2.45. The number of halogens is 2. The monoisotopic (exact) mass is 340 g/mol. The van der Waals surface area contributed by atoms with Gasteiger partial charge in [0, 0.05) is 25.4 Å². The van der Waals surface area contributed by atoms with Crippen molar-refractivity contribution in [3.63, 3.8) is 0 Å². The predicted molar refractivity (Wildman–Crippen MR) is 82.8 cm³/mol. The lowest BCUT2D eigenvalue weighted by atomic mass is 9.74. The zero-order chi connectivity index (χ0) is 17.2. The van der Waals surface area contributed by atoms with E-state index in [-0.39, 0.29) is 31.8 Å². The van der Waals surface area contributed by atoms with Gasteiger partial charge in [0.25, 0.3) is 5.91 Å². The highest BCUT2D eigenvalue weighted by molar-refractivity contribution is 5.85. The molecule has 2 heterocycles. The average molecular weight is 340 g/mol. The van der Waals surface area contributed by atoms with Gasteiger partial charge in [-0.15, -0.1) is 0 Å². The van der Waals surface area contributed by atoms with Crippen molar-refractivity contribution in [1.82, 2.24) is 9.88 Å². The molecule has 0 atom stereocenters. The van der Waals surface area contributed by atoms with E-state index in [4.69, 9.17) is 4.74 Å². The van der Waals surface area contributed by atoms with Gasteiger partial charge in [-0.3, -0.25) is 4.79 Å². The van der Waals surface area contributed by atoms with Gasteiger partial charge in [0.1, 0.15) is 5.60 Å². The largest absolute Gasteiger partial charge is 0.477 e. The highest BCUT2D eigenvalue weighted by Gasteiger charge is 2.62. The average Bonchev–Trinajstić information content (AvgIpc) is 2.58. The quantitative estimate of drug-likeness (QED) is 0.893. The first-order valence-corrected chi connectivity index (χ1v) is 8.36. The number of aromatic nitrogens is 1. The molecule has 0 unspecified atom stereocenters. The molecular formula is C17H22F2N2O3. The van der Waals surface area contributed by atoms with Gasteiger partial charge in [0.05, 0.1) is 6.61 Å². The maximum Gasteiger partial charge on any atom is 0.352 e. The lowest BCUT2D eigenvalue weighted by molar-refractivity contribution is -0.224. The van der Waals surface area contributed by atoms with Gasteiger partial charge in [-0.2, -0.15) is 8.78 Å². The molecule has 1 saturated carbocycles. The number of hydrogen-bond acceptors (Lipinski definition) is 4. The topological polar surface area (TPSA) is 62.7 Å². The molecule has 1 aromatic rings. The standard InChI is InChI=1S/C17H22F2N2O3/c18-17(19,16(23)7-3-8-16)15(22)21-10-5-13(6-11-21)12-24-14-4-1-2-9-20-14/h1-2,4,9,13,23H,3,5-8,10-12H2. The van der Waals surface area contributed by atoms with E-state index in [0.29, 0.717) is 31.7 Å². The molecule has 132 valence electrons. The number of hydrogen-bond donors (Lipinski definition) is 1. The number of carbonyl (C=O) groups is 1. The summed E-state index contributed by atoms with van der Waals surface area (Å²) in [6.45, 7) is 0.987. The Hall–Kier alpha value is -1.76. The summed E-state index contributed by atoms with van der Waals surface area (Å²) < 4.78 is 34.0. The zero-order valence-corrected chi connectivity index (χ0v) is 13.5. The van der Waals surface area contributed by atoms with Crippen molar-refractivity contribution in [3.05, 3.63) is 24.4 Å². The van der Waals surface area contributed by atoms with Gasteiger partial charge in [-0.1, -0.05) is 6.07 Å². The number of nitrogens with zero attached hydrogens (tertiary/aromatic N) is 2. The highest BCUT2D eigenvalue weighted by atomic mass is 19.3. The third kappa shape index (κ3) is 3.22. The van der Waals surface area contributed by atoms with E-state index in [9.17, 15) is 18.7 Å². The number of piperidine rings is 1. The summed E-state index contributed by atoms with van der Waals surface area (Å²) in [5.41, 5.74) is -2.15. The van der Waals surface area contributed by atoms with Crippen LogP contribution in [0.5, 0.6) is 5.88 Å². The Labute approximate surface area is 139 Å². The van der Waals surface area contributed by atoms with Crippen LogP contribution in [0.1, 0.15) is 32.1 Å². The lowest BCUT2D eigenvalue weighted by Crippen LogP contribution is -2.62. The number of likely N-dealkylation sites (tertiary alicyclic amines) is 1. The summed E-state index contributed by atoms with van der Waals surface area (Å²) in [7, 11) is 0. The minimum Gasteiger partial charge on any atom is -0.477 e. The second-order valence-electron chi connectivity index (χ2n) is 6.67. The second kappa shape index (κ2) is 6.63. The minimum atomic E-state index is -3.69. The van der Waals surface area contributed by atoms with Crippen LogP contribution in [0.4, 0.5) is 8.78 Å². The number of carbonyl (C=O) groups excluding carboxylic acids is 1. The van der Waals surface area contributed by atoms with Gasteiger partial charge in [0.2, 0.25) is 5.88 Å². The van der Waals surface area contributed by atoms with Crippen LogP contribution in [0, 0.1) is 5.92 Å². The summed E-state index contributed by atoms with van der Waals surface area (Å²) in [5.74, 6) is -4.19. The van der Waals surface area contributed by atoms with Crippen LogP contribution < -0.4 is 4.74 Å². The Morgan fingerprint density at radius 1 is 1.38 bits per heavy atom. The zero-order valence-electron chi connectivity index (χ0n) is 13.5. The molecule has 1 aliphatic heterocycles. The molecule has 1 saturated heterocycles. The fourth-order valence-corrected chi connectivity index (χ4v) is 3.16. The van der Waals surface area contributed by atoms with Crippen molar-refractivity contribution in [2.45, 2.75) is 43.6 Å². The van der Waals surface area contributed by atoms with Crippen molar-refractivity contribution < 1.29 is 23.4 Å². The van der Waals surface area contributed by atoms with E-state index in [1.807, 2.05) is 6.07 Å². The number of aliphatic hydroxyl groups is 1. The second-order valence-corrected chi connectivity index (χ2v) is 6.67. The number of ether oxygens (including phenoxy) is 1. The van der Waals surface area contributed by atoms with Crippen molar-refractivity contribution >= 4 is 5.91 Å². The molecule has 1 N–H and O–H groups in total. The number of alkyl halides is 2. The maximum absolute atomic E-state index is 14.2. The molecule has 1 amide bonds. The molecule has 0 bridgehead atoms. The summed E-state index contributed by atoms with van der Waals surface area (Å²) in [5, 5.41) is 9.88. The van der Waals surface area contributed by atoms with Crippen LogP contribution in [0.2, 0.25) is 0 Å². The third-order valence-corrected chi connectivity index (χ3v) is 5.04. The van der Waals surface area contributed by atoms with Gasteiger partial charge in [-0.25, -0.2) is 4.98 Å². The van der Waals surface area contributed by atoms with Crippen molar-refractivity contribution in [3.8, 4) is 5.88 Å². The predicted octanol–water partition coefficient (Wildman–Crippen LogP) is 2.25. The molecule has 2 fully saturated rings. The van der Waals surface area contributed by atoms with Crippen LogP contribution in [0.15, 0.2) is 24.4 Å². The third-order valence-electron chi connectivity index (χ3n) is 5.04. The minimum absolute atomic E-state index is 0.0138. The number of amides is 1. The Balaban J connectivity index is 1.49. The maximum atomic E-state index is 14.2. The lowest BCUT2D eigenvalue weighted by Gasteiger charge is -2.44. The van der Waals surface area contributed by atoms with Crippen LogP contribution in [-0.4, -0.2) is 52.1 Å². The Kier molecular flexibility index (Phi) is 4.71. The summed E-state index contributed by atoms with van der Waals surface area (Å²) in [4.78, 5) is 17.4. The summed E-state index contributed by atoms with van der Waals surface area (Å²) in [6.07, 6.45) is 3.36. The van der Waals surface area contributed by atoms with Gasteiger partial charge < -0.3 is 14.7 Å². The van der Waals surface area contributed by atoms with E-state index in [0.717, 1.165) is 0 Å². The first kappa shape index (κ1) is 17.1. The molecule has 0 radical (unpaired) electrons. The molecule has 5 nitrogen and oxygen atoms in total. The van der Waals surface area contributed by atoms with Crippen molar-refractivity contribution in [1.29, 1.82) is 0 Å². The van der Waals surface area contributed by atoms with E-state index >= 15 is 0 Å². The van der Waals surface area contributed by atoms with Crippen LogP contribution in [0.3, 0.4) is 0 Å². The van der Waals surface area contributed by atoms with E-state index in [1.54, 1.807) is 18.3 Å². The number of pyridine rings is 1. The molecule has 1 aliphatic carbocycles. The first-order chi connectivity index (χ1) is 11.4. The van der Waals surface area contributed by atoms with Crippen LogP contribution in [-0.2, 0) is 4.79 Å². The normalized spacial score (nSPS) is 21.2. The van der Waals surface area contributed by atoms with Crippen LogP contribution in [0.25, 0.3) is 0 Å². The summed E-state index contributed by atoms with van der Waals surface area (Å²) in [6, 6.07) is 5.39. The molecule has 24 heavy (non-hydrogen) atoms. The van der Waals surface area contributed by atoms with Crippen molar-refractivity contribution in [2.75, 3.05) is 19.7 Å². The van der Waals surface area contributed by atoms with Gasteiger partial charge in [-0.05, 0) is 44.1 Å². The molecule has 2 aliphatic rings. The fourth-order valence-electron chi connectivity index (χ4n) is 3.16. The van der Waals surface area contributed by atoms with E-state index in [1.165, 1.54) is 4.90 Å². The van der Waals surface area contributed by atoms with E-state index < -0.39 is 17.4 Å². The summed E-state index contributed by atoms with van der Waals surface area (Å²) >= 11 is 0. The van der Waals surface area contributed by atoms with Gasteiger partial charge in [0.15, 0.2) is 0 Å². The fraction of sp³-hybridized carbons (Fsp3) is 0.647. The Morgan fingerprint density at radius 3 is 2.62 bits per heavy atom. The van der Waals surface area contributed by atoms with Gasteiger partial charge >= 0.3 is 5.92 Å². The molecule has 0 spiro atoms. The number of rotatable bonds is 5. The van der Waals surface area contributed by atoms with Crippen molar-refractivity contribution in [2.24, 2.45) is 5.92 Å². The molecule has 0 aromatic carbocycles.